The van der Waals surface area contributed by atoms with Gasteiger partial charge in [-0.2, -0.15) is 0 Å². The van der Waals surface area contributed by atoms with E-state index in [4.69, 9.17) is 4.74 Å². The molecule has 0 radical (unpaired) electrons. The van der Waals surface area contributed by atoms with Gasteiger partial charge in [0.25, 0.3) is 0 Å². The fraction of sp³-hybridized carbons (Fsp3) is 0.538. The Bertz CT molecular complexity index is 327. The van der Waals surface area contributed by atoms with E-state index in [1.165, 1.54) is 5.56 Å². The van der Waals surface area contributed by atoms with Crippen LogP contribution in [0.2, 0.25) is 0 Å². The van der Waals surface area contributed by atoms with Gasteiger partial charge in [0.1, 0.15) is 5.75 Å². The Kier molecular flexibility index (Phi) is 2.70. The molecule has 0 saturated heterocycles. The first kappa shape index (κ1) is 10.5. The van der Waals surface area contributed by atoms with E-state index in [-0.39, 0.29) is 11.5 Å². The molecule has 1 fully saturated rings. The van der Waals surface area contributed by atoms with Crippen LogP contribution in [0.3, 0.4) is 0 Å². The second-order valence-electron chi connectivity index (χ2n) is 4.29. The molecule has 1 saturated carbocycles. The summed E-state index contributed by atoms with van der Waals surface area (Å²) in [6, 6.07) is 8.09. The molecule has 1 aromatic carbocycles. The Labute approximate surface area is 90.9 Å². The summed E-state index contributed by atoms with van der Waals surface area (Å²) in [5, 5.41) is 9.91. The van der Waals surface area contributed by atoms with Gasteiger partial charge in [-0.1, -0.05) is 19.1 Å². The maximum absolute atomic E-state index is 9.91. The second kappa shape index (κ2) is 3.86. The molecule has 2 unspecified atom stereocenters. The molecule has 0 bridgehead atoms. The summed E-state index contributed by atoms with van der Waals surface area (Å²) in [7, 11) is 1.67. The number of benzene rings is 1. The highest BCUT2D eigenvalue weighted by Gasteiger charge is 2.45. The zero-order chi connectivity index (χ0) is 10.9. The van der Waals surface area contributed by atoms with Crippen LogP contribution in [0.5, 0.6) is 5.75 Å². The summed E-state index contributed by atoms with van der Waals surface area (Å²) in [4.78, 5) is 0. The van der Waals surface area contributed by atoms with Gasteiger partial charge < -0.3 is 9.84 Å². The van der Waals surface area contributed by atoms with Crippen molar-refractivity contribution in [3.63, 3.8) is 0 Å². The second-order valence-corrected chi connectivity index (χ2v) is 4.29. The summed E-state index contributed by atoms with van der Waals surface area (Å²) in [6.07, 6.45) is 2.85. The van der Waals surface area contributed by atoms with Crippen molar-refractivity contribution in [2.24, 2.45) is 0 Å². The zero-order valence-corrected chi connectivity index (χ0v) is 9.36. The quantitative estimate of drug-likeness (QED) is 0.823. The highest BCUT2D eigenvalue weighted by atomic mass is 16.5. The molecule has 15 heavy (non-hydrogen) atoms. The number of methoxy groups -OCH3 is 1. The summed E-state index contributed by atoms with van der Waals surface area (Å²) in [5.41, 5.74) is 1.25. The fourth-order valence-electron chi connectivity index (χ4n) is 2.50. The van der Waals surface area contributed by atoms with Crippen LogP contribution >= 0.6 is 0 Å². The fourth-order valence-corrected chi connectivity index (χ4v) is 2.50. The standard InChI is InChI=1S/C13H18O2/c1-3-13(9-8-12(13)14)10-4-6-11(15-2)7-5-10/h4-7,12,14H,3,8-9H2,1-2H3. The maximum atomic E-state index is 9.91. The van der Waals surface area contributed by atoms with Crippen molar-refractivity contribution < 1.29 is 9.84 Å². The van der Waals surface area contributed by atoms with Crippen LogP contribution in [0.25, 0.3) is 0 Å². The minimum absolute atomic E-state index is 0.00622. The Morgan fingerprint density at radius 3 is 2.40 bits per heavy atom. The summed E-state index contributed by atoms with van der Waals surface area (Å²) >= 11 is 0. The minimum atomic E-state index is -0.170. The van der Waals surface area contributed by atoms with Gasteiger partial charge in [-0.25, -0.2) is 0 Å². The molecule has 2 heteroatoms. The molecule has 0 aromatic heterocycles. The van der Waals surface area contributed by atoms with Gasteiger partial charge in [0.15, 0.2) is 0 Å². The predicted molar refractivity (Wildman–Crippen MR) is 60.2 cm³/mol. The largest absolute Gasteiger partial charge is 0.497 e. The van der Waals surface area contributed by atoms with Crippen LogP contribution in [0.1, 0.15) is 31.7 Å². The van der Waals surface area contributed by atoms with Gasteiger partial charge in [-0.05, 0) is 37.0 Å². The smallest absolute Gasteiger partial charge is 0.118 e. The van der Waals surface area contributed by atoms with E-state index < -0.39 is 0 Å². The average molecular weight is 206 g/mol. The van der Waals surface area contributed by atoms with Crippen LogP contribution in [-0.2, 0) is 5.41 Å². The lowest BCUT2D eigenvalue weighted by Gasteiger charge is -2.47. The van der Waals surface area contributed by atoms with E-state index in [2.05, 4.69) is 19.1 Å². The third-order valence-corrected chi connectivity index (χ3v) is 3.80. The van der Waals surface area contributed by atoms with E-state index in [0.29, 0.717) is 0 Å². The molecule has 0 amide bonds. The number of aliphatic hydroxyl groups excluding tert-OH is 1. The molecule has 82 valence electrons. The Morgan fingerprint density at radius 1 is 1.40 bits per heavy atom. The summed E-state index contributed by atoms with van der Waals surface area (Å²) in [5.74, 6) is 0.874. The summed E-state index contributed by atoms with van der Waals surface area (Å²) in [6.45, 7) is 2.15. The van der Waals surface area contributed by atoms with Gasteiger partial charge in [-0.3, -0.25) is 0 Å². The first-order valence-corrected chi connectivity index (χ1v) is 5.55. The van der Waals surface area contributed by atoms with Crippen molar-refractivity contribution in [1.82, 2.24) is 0 Å². The third kappa shape index (κ3) is 1.53. The first-order chi connectivity index (χ1) is 7.23. The van der Waals surface area contributed by atoms with Gasteiger partial charge in [0, 0.05) is 5.41 Å². The lowest BCUT2D eigenvalue weighted by molar-refractivity contribution is -0.00952. The Hall–Kier alpha value is -1.02. The van der Waals surface area contributed by atoms with Gasteiger partial charge >= 0.3 is 0 Å². The molecule has 1 N–H and O–H groups in total. The van der Waals surface area contributed by atoms with Crippen molar-refractivity contribution in [3.8, 4) is 5.75 Å². The molecular weight excluding hydrogens is 188 g/mol. The molecule has 2 nitrogen and oxygen atoms in total. The van der Waals surface area contributed by atoms with Gasteiger partial charge in [0.2, 0.25) is 0 Å². The maximum Gasteiger partial charge on any atom is 0.118 e. The number of aliphatic hydroxyl groups is 1. The molecule has 0 aliphatic heterocycles. The zero-order valence-electron chi connectivity index (χ0n) is 9.36. The van der Waals surface area contributed by atoms with E-state index >= 15 is 0 Å². The third-order valence-electron chi connectivity index (χ3n) is 3.80. The van der Waals surface area contributed by atoms with E-state index in [1.807, 2.05) is 12.1 Å². The molecule has 1 aromatic rings. The number of ether oxygens (including phenoxy) is 1. The van der Waals surface area contributed by atoms with Crippen LogP contribution in [-0.4, -0.2) is 18.3 Å². The first-order valence-electron chi connectivity index (χ1n) is 5.55. The molecular formula is C13H18O2. The van der Waals surface area contributed by atoms with Crippen molar-refractivity contribution in [2.75, 3.05) is 7.11 Å². The molecule has 2 atom stereocenters. The molecule has 0 heterocycles. The lowest BCUT2D eigenvalue weighted by atomic mass is 9.60. The SMILES string of the molecule is CCC1(c2ccc(OC)cc2)CCC1O. The number of hydrogen-bond donors (Lipinski definition) is 1. The van der Waals surface area contributed by atoms with Crippen molar-refractivity contribution in [2.45, 2.75) is 37.7 Å². The molecule has 0 spiro atoms. The average Bonchev–Trinajstić information content (AvgIpc) is 2.29. The monoisotopic (exact) mass is 206 g/mol. The summed E-state index contributed by atoms with van der Waals surface area (Å²) < 4.78 is 5.13. The topological polar surface area (TPSA) is 29.5 Å². The lowest BCUT2D eigenvalue weighted by Crippen LogP contribution is -2.48. The van der Waals surface area contributed by atoms with Gasteiger partial charge in [0.05, 0.1) is 13.2 Å². The molecule has 1 aliphatic rings. The van der Waals surface area contributed by atoms with Crippen LogP contribution in [0.4, 0.5) is 0 Å². The Balaban J connectivity index is 2.28. The number of hydrogen-bond acceptors (Lipinski definition) is 2. The molecule has 1 aliphatic carbocycles. The van der Waals surface area contributed by atoms with Crippen LogP contribution in [0.15, 0.2) is 24.3 Å². The van der Waals surface area contributed by atoms with Gasteiger partial charge in [-0.15, -0.1) is 0 Å². The van der Waals surface area contributed by atoms with E-state index in [1.54, 1.807) is 7.11 Å². The van der Waals surface area contributed by atoms with E-state index in [9.17, 15) is 5.11 Å². The predicted octanol–water partition coefficient (Wildman–Crippen LogP) is 2.50. The highest BCUT2D eigenvalue weighted by Crippen LogP contribution is 2.46. The molecule has 2 rings (SSSR count). The Morgan fingerprint density at radius 2 is 2.07 bits per heavy atom. The van der Waals surface area contributed by atoms with Crippen LogP contribution < -0.4 is 4.74 Å². The van der Waals surface area contributed by atoms with Crippen molar-refractivity contribution in [1.29, 1.82) is 0 Å². The normalized spacial score (nSPS) is 29.7. The number of rotatable bonds is 3. The highest BCUT2D eigenvalue weighted by molar-refractivity contribution is 5.35. The van der Waals surface area contributed by atoms with E-state index in [0.717, 1.165) is 25.0 Å². The minimum Gasteiger partial charge on any atom is -0.497 e. The van der Waals surface area contributed by atoms with Crippen molar-refractivity contribution >= 4 is 0 Å². The van der Waals surface area contributed by atoms with Crippen molar-refractivity contribution in [3.05, 3.63) is 29.8 Å². The van der Waals surface area contributed by atoms with Crippen LogP contribution in [0, 0.1) is 0 Å².